The number of alkyl halides is 4. The first-order chi connectivity index (χ1) is 7.95. The van der Waals surface area contributed by atoms with Gasteiger partial charge in [-0.1, -0.05) is 29.0 Å². The molecule has 0 aliphatic carbocycles. The predicted molar refractivity (Wildman–Crippen MR) is 67.2 cm³/mol. The minimum atomic E-state index is -4.32. The third-order valence-electron chi connectivity index (χ3n) is 1.87. The maximum absolute atomic E-state index is 11.7. The number of amides is 1. The smallest absolute Gasteiger partial charge is 0.372 e. The minimum Gasteiger partial charge on any atom is -0.372 e. The van der Waals surface area contributed by atoms with E-state index in [1.54, 1.807) is 0 Å². The first-order valence-corrected chi connectivity index (χ1v) is 6.95. The maximum atomic E-state index is 11.7. The summed E-state index contributed by atoms with van der Waals surface area (Å²) >= 11 is 2.29. The van der Waals surface area contributed by atoms with E-state index in [9.17, 15) is 18.0 Å². The van der Waals surface area contributed by atoms with Crippen LogP contribution in [0.25, 0.3) is 0 Å². The summed E-state index contributed by atoms with van der Waals surface area (Å²) in [5.74, 6) is -0.262. The third-order valence-corrected chi connectivity index (χ3v) is 2.63. The Balaban J connectivity index is 3.29. The van der Waals surface area contributed by atoms with Crippen LogP contribution < -0.4 is 5.32 Å². The van der Waals surface area contributed by atoms with E-state index < -0.39 is 12.8 Å². The zero-order valence-corrected chi connectivity index (χ0v) is 11.6. The number of rotatable bonds is 9. The van der Waals surface area contributed by atoms with E-state index in [2.05, 4.69) is 32.6 Å². The largest absolute Gasteiger partial charge is 0.411 e. The van der Waals surface area contributed by atoms with Crippen molar-refractivity contribution in [2.45, 2.75) is 31.9 Å². The molecule has 102 valence electrons. The van der Waals surface area contributed by atoms with E-state index in [0.29, 0.717) is 6.54 Å². The van der Waals surface area contributed by atoms with Gasteiger partial charge in [0.05, 0.1) is 6.61 Å². The monoisotopic (exact) mass is 367 g/mol. The second-order valence-electron chi connectivity index (χ2n) is 3.52. The van der Waals surface area contributed by atoms with E-state index in [1.807, 2.05) is 0 Å². The highest BCUT2D eigenvalue weighted by Crippen LogP contribution is 2.14. The zero-order chi connectivity index (χ0) is 13.1. The molecule has 17 heavy (non-hydrogen) atoms. The van der Waals surface area contributed by atoms with Gasteiger partial charge in [0.1, 0.15) is 6.61 Å². The van der Waals surface area contributed by atoms with Crippen LogP contribution in [0.1, 0.15) is 25.7 Å². The molecule has 0 aromatic carbocycles. The molecule has 0 bridgehead atoms. The SMILES string of the molecule is O=C(CCOCC(F)(F)F)NCCCCCI. The van der Waals surface area contributed by atoms with E-state index >= 15 is 0 Å². The van der Waals surface area contributed by atoms with Crippen LogP contribution in [0.2, 0.25) is 0 Å². The highest BCUT2D eigenvalue weighted by atomic mass is 127. The molecular weight excluding hydrogens is 350 g/mol. The number of carbonyl (C=O) groups excluding carboxylic acids is 1. The predicted octanol–water partition coefficient (Wildman–Crippen LogP) is 2.68. The van der Waals surface area contributed by atoms with Crippen molar-refractivity contribution < 1.29 is 22.7 Å². The van der Waals surface area contributed by atoms with Gasteiger partial charge in [0.15, 0.2) is 0 Å². The van der Waals surface area contributed by atoms with Crippen LogP contribution >= 0.6 is 22.6 Å². The molecule has 0 saturated heterocycles. The molecule has 0 atom stereocenters. The number of halogens is 4. The normalized spacial score (nSPS) is 11.5. The first-order valence-electron chi connectivity index (χ1n) is 5.43. The summed E-state index contributed by atoms with van der Waals surface area (Å²) < 4.78 is 40.4. The lowest BCUT2D eigenvalue weighted by Gasteiger charge is -2.08. The van der Waals surface area contributed by atoms with Gasteiger partial charge >= 0.3 is 6.18 Å². The molecule has 0 aromatic heterocycles. The summed E-state index contributed by atoms with van der Waals surface area (Å²) in [5.41, 5.74) is 0. The molecule has 0 rings (SSSR count). The molecule has 1 amide bonds. The highest BCUT2D eigenvalue weighted by Gasteiger charge is 2.27. The molecule has 3 nitrogen and oxygen atoms in total. The molecule has 0 heterocycles. The Bertz CT molecular complexity index is 212. The number of hydrogen-bond donors (Lipinski definition) is 1. The average molecular weight is 367 g/mol. The van der Waals surface area contributed by atoms with Crippen molar-refractivity contribution in [3.05, 3.63) is 0 Å². The van der Waals surface area contributed by atoms with Gasteiger partial charge in [0.25, 0.3) is 0 Å². The lowest BCUT2D eigenvalue weighted by molar-refractivity contribution is -0.174. The Kier molecular flexibility index (Phi) is 9.90. The van der Waals surface area contributed by atoms with Gasteiger partial charge in [-0.15, -0.1) is 0 Å². The molecule has 0 radical (unpaired) electrons. The number of ether oxygens (including phenoxy) is 1. The van der Waals surface area contributed by atoms with Gasteiger partial charge in [-0.25, -0.2) is 0 Å². The Labute approximate surface area is 113 Å². The fraction of sp³-hybridized carbons (Fsp3) is 0.900. The summed E-state index contributed by atoms with van der Waals surface area (Å²) in [4.78, 5) is 11.1. The van der Waals surface area contributed by atoms with Crippen molar-refractivity contribution in [3.63, 3.8) is 0 Å². The Morgan fingerprint density at radius 1 is 1.24 bits per heavy atom. The van der Waals surface area contributed by atoms with Crippen LogP contribution in [-0.4, -0.2) is 36.3 Å². The average Bonchev–Trinajstić information content (AvgIpc) is 2.23. The second-order valence-corrected chi connectivity index (χ2v) is 4.60. The van der Waals surface area contributed by atoms with E-state index in [1.165, 1.54) is 0 Å². The summed E-state index contributed by atoms with van der Waals surface area (Å²) in [6.45, 7) is -0.913. The summed E-state index contributed by atoms with van der Waals surface area (Å²) in [6.07, 6.45) is -1.28. The van der Waals surface area contributed by atoms with Crippen LogP contribution in [0.3, 0.4) is 0 Å². The fourth-order valence-corrected chi connectivity index (χ4v) is 1.60. The van der Waals surface area contributed by atoms with Crippen molar-refractivity contribution in [2.75, 3.05) is 24.2 Å². The number of carbonyl (C=O) groups is 1. The van der Waals surface area contributed by atoms with Crippen LogP contribution in [-0.2, 0) is 9.53 Å². The number of nitrogens with one attached hydrogen (secondary N) is 1. The summed E-state index contributed by atoms with van der Waals surface area (Å²) in [6, 6.07) is 0. The summed E-state index contributed by atoms with van der Waals surface area (Å²) in [7, 11) is 0. The Hall–Kier alpha value is -0.0500. The molecule has 0 saturated carbocycles. The van der Waals surface area contributed by atoms with Gasteiger partial charge in [-0.2, -0.15) is 13.2 Å². The van der Waals surface area contributed by atoms with E-state index in [0.717, 1.165) is 23.7 Å². The molecule has 0 aliphatic heterocycles. The molecule has 7 heteroatoms. The van der Waals surface area contributed by atoms with Gasteiger partial charge in [-0.05, 0) is 17.3 Å². The Morgan fingerprint density at radius 2 is 1.94 bits per heavy atom. The molecule has 0 unspecified atom stereocenters. The Morgan fingerprint density at radius 3 is 2.53 bits per heavy atom. The van der Waals surface area contributed by atoms with Crippen LogP contribution in [0.15, 0.2) is 0 Å². The first kappa shape index (κ1) is 16.9. The third kappa shape index (κ3) is 13.9. The maximum Gasteiger partial charge on any atom is 0.411 e. The summed E-state index contributed by atoms with van der Waals surface area (Å²) in [5, 5.41) is 2.64. The fourth-order valence-electron chi connectivity index (χ4n) is 1.07. The zero-order valence-electron chi connectivity index (χ0n) is 9.49. The van der Waals surface area contributed by atoms with Crippen molar-refractivity contribution >= 4 is 28.5 Å². The van der Waals surface area contributed by atoms with Gasteiger partial charge in [-0.3, -0.25) is 4.79 Å². The molecule has 0 aliphatic rings. The lowest BCUT2D eigenvalue weighted by Crippen LogP contribution is -2.26. The standard InChI is InChI=1S/C10H17F3INO2/c11-10(12,13)8-17-7-4-9(16)15-6-3-1-2-5-14/h1-8H2,(H,15,16). The van der Waals surface area contributed by atoms with Crippen LogP contribution in [0.5, 0.6) is 0 Å². The van der Waals surface area contributed by atoms with Crippen molar-refractivity contribution in [1.82, 2.24) is 5.32 Å². The van der Waals surface area contributed by atoms with Gasteiger partial charge in [0, 0.05) is 13.0 Å². The van der Waals surface area contributed by atoms with Crippen LogP contribution in [0.4, 0.5) is 13.2 Å². The topological polar surface area (TPSA) is 38.3 Å². The lowest BCUT2D eigenvalue weighted by atomic mass is 10.2. The minimum absolute atomic E-state index is 0.0254. The molecule has 0 fully saturated rings. The second kappa shape index (κ2) is 9.93. The highest BCUT2D eigenvalue weighted by molar-refractivity contribution is 14.1. The quantitative estimate of drug-likeness (QED) is 0.387. The molecule has 0 aromatic rings. The molecular formula is C10H17F3INO2. The van der Waals surface area contributed by atoms with Crippen molar-refractivity contribution in [3.8, 4) is 0 Å². The van der Waals surface area contributed by atoms with E-state index in [4.69, 9.17) is 0 Å². The molecule has 1 N–H and O–H groups in total. The molecule has 0 spiro atoms. The number of hydrogen-bond acceptors (Lipinski definition) is 2. The van der Waals surface area contributed by atoms with E-state index in [-0.39, 0.29) is 18.9 Å². The van der Waals surface area contributed by atoms with Gasteiger partial charge < -0.3 is 10.1 Å². The van der Waals surface area contributed by atoms with Crippen molar-refractivity contribution in [1.29, 1.82) is 0 Å². The van der Waals surface area contributed by atoms with Gasteiger partial charge in [0.2, 0.25) is 5.91 Å². The van der Waals surface area contributed by atoms with Crippen molar-refractivity contribution in [2.24, 2.45) is 0 Å². The van der Waals surface area contributed by atoms with Crippen LogP contribution in [0, 0.1) is 0 Å². The number of unbranched alkanes of at least 4 members (excludes halogenated alkanes) is 2.